The van der Waals surface area contributed by atoms with Gasteiger partial charge in [0.15, 0.2) is 11.4 Å². The molecule has 230 valence electrons. The molecule has 0 amide bonds. The number of hydrogen-bond donors (Lipinski definition) is 1. The molecule has 0 bridgehead atoms. The van der Waals surface area contributed by atoms with Crippen LogP contribution in [0.4, 0.5) is 0 Å². The average Bonchev–Trinajstić information content (AvgIpc) is 3.56. The van der Waals surface area contributed by atoms with Crippen molar-refractivity contribution < 1.29 is 4.42 Å². The number of pyridine rings is 1. The van der Waals surface area contributed by atoms with Crippen LogP contribution in [0.5, 0.6) is 0 Å². The molecular formula is C44H28N4O. The number of aromatic nitrogens is 1. The number of nitrogens with zero attached hydrogens (tertiary/aromatic N) is 3. The molecule has 2 aromatic heterocycles. The van der Waals surface area contributed by atoms with Gasteiger partial charge in [-0.1, -0.05) is 121 Å². The van der Waals surface area contributed by atoms with Crippen LogP contribution in [0.2, 0.25) is 0 Å². The van der Waals surface area contributed by atoms with E-state index in [1.54, 1.807) is 6.20 Å². The topological polar surface area (TPSA) is 62.8 Å². The first-order valence-electron chi connectivity index (χ1n) is 16.5. The molecule has 0 radical (unpaired) electrons. The standard InChI is InChI=1S/C44H28N4O/c1-2-11-28(12-3-1)42-46-43(32-19-18-27-10-4-5-13-29(27)22-32)48-44(47-42)38-25-45-26-40-41(38)36-21-20-31(24-39(36)49-40)37-23-30-14-6-7-15-33(30)34-16-8-9-17-35(34)37/h1-26,42H,(H,46,47,48). The molecule has 49 heavy (non-hydrogen) atoms. The molecule has 7 aromatic carbocycles. The van der Waals surface area contributed by atoms with E-state index in [4.69, 9.17) is 14.4 Å². The van der Waals surface area contributed by atoms with E-state index in [9.17, 15) is 0 Å². The lowest BCUT2D eigenvalue weighted by Crippen LogP contribution is -2.33. The molecule has 1 unspecified atom stereocenters. The monoisotopic (exact) mass is 628 g/mol. The summed E-state index contributed by atoms with van der Waals surface area (Å²) in [6.45, 7) is 0. The molecule has 5 nitrogen and oxygen atoms in total. The highest BCUT2D eigenvalue weighted by Crippen LogP contribution is 2.39. The molecule has 0 fully saturated rings. The van der Waals surface area contributed by atoms with E-state index in [-0.39, 0.29) is 6.17 Å². The van der Waals surface area contributed by atoms with Gasteiger partial charge >= 0.3 is 0 Å². The molecule has 1 atom stereocenters. The van der Waals surface area contributed by atoms with Crippen LogP contribution in [0.15, 0.2) is 172 Å². The predicted octanol–water partition coefficient (Wildman–Crippen LogP) is 10.6. The van der Waals surface area contributed by atoms with Crippen LogP contribution in [-0.2, 0) is 0 Å². The molecule has 0 aliphatic carbocycles. The van der Waals surface area contributed by atoms with Crippen molar-refractivity contribution in [3.8, 4) is 11.1 Å². The Kier molecular flexibility index (Phi) is 6.18. The lowest BCUT2D eigenvalue weighted by Gasteiger charge is -2.24. The Balaban J connectivity index is 1.14. The molecule has 9 aromatic rings. The maximum Gasteiger partial charge on any atom is 0.161 e. The highest BCUT2D eigenvalue weighted by molar-refractivity contribution is 6.22. The van der Waals surface area contributed by atoms with Crippen molar-refractivity contribution in [2.24, 2.45) is 9.98 Å². The van der Waals surface area contributed by atoms with Gasteiger partial charge in [0, 0.05) is 28.1 Å². The molecule has 0 saturated carbocycles. The van der Waals surface area contributed by atoms with E-state index in [0.29, 0.717) is 11.4 Å². The van der Waals surface area contributed by atoms with Gasteiger partial charge in [-0.15, -0.1) is 0 Å². The van der Waals surface area contributed by atoms with Crippen LogP contribution < -0.4 is 5.32 Å². The number of aliphatic imine (C=N–C) groups is 2. The van der Waals surface area contributed by atoms with Crippen molar-refractivity contribution in [2.75, 3.05) is 0 Å². The van der Waals surface area contributed by atoms with E-state index >= 15 is 0 Å². The summed E-state index contributed by atoms with van der Waals surface area (Å²) in [5.74, 6) is 1.38. The second-order valence-electron chi connectivity index (χ2n) is 12.5. The third-order valence-corrected chi connectivity index (χ3v) is 9.58. The molecule has 10 rings (SSSR count). The SMILES string of the molecule is c1ccc(C2N=C(c3cncc4oc5cc(-c6cc7ccccc7c7ccccc67)ccc5c34)N=C(c3ccc4ccccc4c3)N2)cc1. The molecular weight excluding hydrogens is 601 g/mol. The summed E-state index contributed by atoms with van der Waals surface area (Å²) in [5, 5.41) is 12.8. The first kappa shape index (κ1) is 27.5. The van der Waals surface area contributed by atoms with Gasteiger partial charge in [0.2, 0.25) is 0 Å². The Morgan fingerprint density at radius 2 is 1.24 bits per heavy atom. The summed E-state index contributed by atoms with van der Waals surface area (Å²) in [5.41, 5.74) is 6.66. The Morgan fingerprint density at radius 3 is 2.12 bits per heavy atom. The van der Waals surface area contributed by atoms with Crippen molar-refractivity contribution in [1.29, 1.82) is 0 Å². The van der Waals surface area contributed by atoms with Crippen molar-refractivity contribution in [2.45, 2.75) is 6.17 Å². The highest BCUT2D eigenvalue weighted by Gasteiger charge is 2.24. The van der Waals surface area contributed by atoms with Gasteiger partial charge in [-0.25, -0.2) is 9.98 Å². The maximum atomic E-state index is 6.54. The fourth-order valence-corrected chi connectivity index (χ4v) is 7.22. The fourth-order valence-electron chi connectivity index (χ4n) is 7.22. The number of rotatable bonds is 4. The van der Waals surface area contributed by atoms with Gasteiger partial charge in [-0.3, -0.25) is 4.98 Å². The van der Waals surface area contributed by atoms with Crippen molar-refractivity contribution in [3.63, 3.8) is 0 Å². The second-order valence-corrected chi connectivity index (χ2v) is 12.5. The minimum absolute atomic E-state index is 0.323. The van der Waals surface area contributed by atoms with Gasteiger partial charge in [0.05, 0.1) is 6.20 Å². The molecule has 1 N–H and O–H groups in total. The van der Waals surface area contributed by atoms with Crippen molar-refractivity contribution in [1.82, 2.24) is 10.3 Å². The minimum Gasteiger partial charge on any atom is -0.454 e. The van der Waals surface area contributed by atoms with Crippen LogP contribution in [0.3, 0.4) is 0 Å². The lowest BCUT2D eigenvalue weighted by atomic mass is 9.93. The minimum atomic E-state index is -0.323. The summed E-state index contributed by atoms with van der Waals surface area (Å²) in [6, 6.07) is 51.0. The normalized spacial score (nSPS) is 14.7. The molecule has 1 aliphatic rings. The number of benzene rings is 7. The van der Waals surface area contributed by atoms with E-state index in [2.05, 4.69) is 138 Å². The number of furan rings is 1. The third-order valence-electron chi connectivity index (χ3n) is 9.58. The van der Waals surface area contributed by atoms with Crippen LogP contribution >= 0.6 is 0 Å². The van der Waals surface area contributed by atoms with Crippen LogP contribution in [0, 0.1) is 0 Å². The zero-order valence-electron chi connectivity index (χ0n) is 26.3. The second kappa shape index (κ2) is 11.0. The smallest absolute Gasteiger partial charge is 0.161 e. The summed E-state index contributed by atoms with van der Waals surface area (Å²) >= 11 is 0. The van der Waals surface area contributed by atoms with Gasteiger partial charge in [0.25, 0.3) is 0 Å². The van der Waals surface area contributed by atoms with E-state index in [1.165, 1.54) is 32.5 Å². The zero-order valence-corrected chi connectivity index (χ0v) is 26.3. The van der Waals surface area contributed by atoms with Gasteiger partial charge in [0.1, 0.15) is 17.6 Å². The summed E-state index contributed by atoms with van der Waals surface area (Å²) < 4.78 is 6.54. The molecule has 0 spiro atoms. The first-order chi connectivity index (χ1) is 24.3. The number of hydrogen-bond acceptors (Lipinski definition) is 5. The average molecular weight is 629 g/mol. The van der Waals surface area contributed by atoms with E-state index in [1.807, 2.05) is 24.4 Å². The molecule has 1 aliphatic heterocycles. The zero-order chi connectivity index (χ0) is 32.3. The van der Waals surface area contributed by atoms with Crippen LogP contribution in [-0.4, -0.2) is 16.7 Å². The number of amidine groups is 2. The van der Waals surface area contributed by atoms with Gasteiger partial charge in [-0.2, -0.15) is 0 Å². The molecule has 3 heterocycles. The molecule has 0 saturated heterocycles. The maximum absolute atomic E-state index is 6.54. The predicted molar refractivity (Wildman–Crippen MR) is 201 cm³/mol. The Bertz CT molecular complexity index is 2810. The summed E-state index contributed by atoms with van der Waals surface area (Å²) in [7, 11) is 0. The summed E-state index contributed by atoms with van der Waals surface area (Å²) in [6.07, 6.45) is 3.32. The fraction of sp³-hybridized carbons (Fsp3) is 0.0227. The summed E-state index contributed by atoms with van der Waals surface area (Å²) in [4.78, 5) is 14.9. The van der Waals surface area contributed by atoms with E-state index in [0.717, 1.165) is 49.8 Å². The third kappa shape index (κ3) is 4.59. The Morgan fingerprint density at radius 1 is 0.510 bits per heavy atom. The van der Waals surface area contributed by atoms with Crippen LogP contribution in [0.25, 0.3) is 65.4 Å². The molecule has 5 heteroatoms. The van der Waals surface area contributed by atoms with Crippen LogP contribution in [0.1, 0.15) is 22.9 Å². The Hall–Kier alpha value is -6.59. The van der Waals surface area contributed by atoms with Crippen molar-refractivity contribution >= 4 is 65.9 Å². The van der Waals surface area contributed by atoms with Gasteiger partial charge < -0.3 is 9.73 Å². The Labute approximate surface area is 281 Å². The van der Waals surface area contributed by atoms with Crippen molar-refractivity contribution in [3.05, 3.63) is 175 Å². The largest absolute Gasteiger partial charge is 0.454 e. The quantitative estimate of drug-likeness (QED) is 0.197. The van der Waals surface area contributed by atoms with E-state index < -0.39 is 0 Å². The first-order valence-corrected chi connectivity index (χ1v) is 16.5. The number of nitrogens with one attached hydrogen (secondary N) is 1. The van der Waals surface area contributed by atoms with Gasteiger partial charge in [-0.05, 0) is 73.3 Å². The highest BCUT2D eigenvalue weighted by atomic mass is 16.3. The number of fused-ring (bicyclic) bond motifs is 7. The lowest BCUT2D eigenvalue weighted by molar-refractivity contribution is 0.666.